The third kappa shape index (κ3) is 3.13. The molecule has 6 nitrogen and oxygen atoms in total. The van der Waals surface area contributed by atoms with Crippen LogP contribution in [0.3, 0.4) is 0 Å². The Morgan fingerprint density at radius 2 is 1.59 bits per heavy atom. The minimum atomic E-state index is -3.78. The van der Waals surface area contributed by atoms with E-state index in [0.717, 1.165) is 16.4 Å². The lowest BCUT2D eigenvalue weighted by Gasteiger charge is -2.09. The summed E-state index contributed by atoms with van der Waals surface area (Å²) >= 11 is 0. The molecule has 0 aliphatic rings. The molecule has 3 aromatic carbocycles. The SMILES string of the molecule is CNC(=O)c1ccc(S(=O)(=O)Nc2ccc3oc4ccccc4c3c2)cc1. The standard InChI is InChI=1S/C20H16N2O4S/c1-21-20(23)13-6-9-15(10-7-13)27(24,25)22-14-8-11-19-17(12-14)16-4-2-3-5-18(16)26-19/h2-12,22H,1H3,(H,21,23). The van der Waals surface area contributed by atoms with Gasteiger partial charge in [-0.2, -0.15) is 0 Å². The normalized spacial score (nSPS) is 11.6. The van der Waals surface area contributed by atoms with Crippen LogP contribution in [0.15, 0.2) is 76.0 Å². The van der Waals surface area contributed by atoms with Gasteiger partial charge in [-0.3, -0.25) is 9.52 Å². The van der Waals surface area contributed by atoms with Crippen LogP contribution in [0.2, 0.25) is 0 Å². The lowest BCUT2D eigenvalue weighted by molar-refractivity contribution is 0.0963. The first-order valence-electron chi connectivity index (χ1n) is 8.24. The summed E-state index contributed by atoms with van der Waals surface area (Å²) in [5.74, 6) is -0.274. The molecule has 1 amide bonds. The first-order chi connectivity index (χ1) is 13.0. The molecule has 0 aliphatic carbocycles. The minimum absolute atomic E-state index is 0.0762. The van der Waals surface area contributed by atoms with E-state index in [1.54, 1.807) is 18.2 Å². The summed E-state index contributed by atoms with van der Waals surface area (Å²) in [6.07, 6.45) is 0. The molecule has 7 heteroatoms. The van der Waals surface area contributed by atoms with Crippen LogP contribution < -0.4 is 10.0 Å². The van der Waals surface area contributed by atoms with E-state index < -0.39 is 10.0 Å². The summed E-state index contributed by atoms with van der Waals surface area (Å²) < 4.78 is 33.6. The maximum atomic E-state index is 12.7. The van der Waals surface area contributed by atoms with Crippen molar-refractivity contribution in [2.24, 2.45) is 0 Å². The molecule has 0 aliphatic heterocycles. The largest absolute Gasteiger partial charge is 0.456 e. The summed E-state index contributed by atoms with van der Waals surface area (Å²) in [6, 6.07) is 18.5. The third-order valence-electron chi connectivity index (χ3n) is 4.28. The summed E-state index contributed by atoms with van der Waals surface area (Å²) in [7, 11) is -2.26. The predicted molar refractivity (Wildman–Crippen MR) is 104 cm³/mol. The Morgan fingerprint density at radius 1 is 0.889 bits per heavy atom. The maximum absolute atomic E-state index is 12.7. The Kier molecular flexibility index (Phi) is 4.08. The zero-order chi connectivity index (χ0) is 19.0. The van der Waals surface area contributed by atoms with Crippen molar-refractivity contribution in [1.82, 2.24) is 5.32 Å². The molecule has 1 aromatic heterocycles. The van der Waals surface area contributed by atoms with Gasteiger partial charge < -0.3 is 9.73 Å². The number of hydrogen-bond donors (Lipinski definition) is 2. The van der Waals surface area contributed by atoms with Gasteiger partial charge in [0, 0.05) is 29.1 Å². The van der Waals surface area contributed by atoms with Gasteiger partial charge >= 0.3 is 0 Å². The molecule has 0 saturated heterocycles. The van der Waals surface area contributed by atoms with Crippen molar-refractivity contribution in [1.29, 1.82) is 0 Å². The van der Waals surface area contributed by atoms with Crippen molar-refractivity contribution in [3.8, 4) is 0 Å². The van der Waals surface area contributed by atoms with Crippen LogP contribution in [-0.4, -0.2) is 21.4 Å². The van der Waals surface area contributed by atoms with E-state index in [1.807, 2.05) is 24.3 Å². The second-order valence-corrected chi connectivity index (χ2v) is 7.70. The highest BCUT2D eigenvalue weighted by Crippen LogP contribution is 2.31. The number of amides is 1. The number of carbonyl (C=O) groups is 1. The zero-order valence-corrected chi connectivity index (χ0v) is 15.2. The van der Waals surface area contributed by atoms with Gasteiger partial charge in [0.15, 0.2) is 0 Å². The van der Waals surface area contributed by atoms with Crippen LogP contribution >= 0.6 is 0 Å². The topological polar surface area (TPSA) is 88.4 Å². The van der Waals surface area contributed by atoms with Crippen molar-refractivity contribution < 1.29 is 17.6 Å². The Bertz CT molecular complexity index is 1260. The summed E-state index contributed by atoms with van der Waals surface area (Å²) in [4.78, 5) is 11.7. The van der Waals surface area contributed by atoms with Crippen molar-refractivity contribution >= 4 is 43.6 Å². The lowest BCUT2D eigenvalue weighted by atomic mass is 10.1. The summed E-state index contributed by atoms with van der Waals surface area (Å²) in [5.41, 5.74) is 2.26. The van der Waals surface area contributed by atoms with Gasteiger partial charge in [-0.05, 0) is 48.5 Å². The zero-order valence-electron chi connectivity index (χ0n) is 14.4. The quantitative estimate of drug-likeness (QED) is 0.564. The monoisotopic (exact) mass is 380 g/mol. The average Bonchev–Trinajstić information content (AvgIpc) is 3.05. The fourth-order valence-electron chi connectivity index (χ4n) is 2.93. The molecule has 0 fully saturated rings. The average molecular weight is 380 g/mol. The molecule has 2 N–H and O–H groups in total. The molecule has 0 saturated carbocycles. The molecule has 4 aromatic rings. The smallest absolute Gasteiger partial charge is 0.261 e. The van der Waals surface area contributed by atoms with E-state index in [0.29, 0.717) is 16.8 Å². The van der Waals surface area contributed by atoms with Crippen LogP contribution in [0.25, 0.3) is 21.9 Å². The molecular weight excluding hydrogens is 364 g/mol. The number of nitrogens with one attached hydrogen (secondary N) is 2. The number of furan rings is 1. The second kappa shape index (κ2) is 6.44. The number of carbonyl (C=O) groups excluding carboxylic acids is 1. The predicted octanol–water partition coefficient (Wildman–Crippen LogP) is 3.75. The Balaban J connectivity index is 1.68. The fraction of sp³-hybridized carbons (Fsp3) is 0.0500. The number of para-hydroxylation sites is 1. The minimum Gasteiger partial charge on any atom is -0.456 e. The first kappa shape index (κ1) is 17.1. The summed E-state index contributed by atoms with van der Waals surface area (Å²) in [6.45, 7) is 0. The Hall–Kier alpha value is -3.32. The van der Waals surface area contributed by atoms with Gasteiger partial charge in [-0.1, -0.05) is 18.2 Å². The van der Waals surface area contributed by atoms with Crippen LogP contribution in [-0.2, 0) is 10.0 Å². The third-order valence-corrected chi connectivity index (χ3v) is 5.68. The van der Waals surface area contributed by atoms with Crippen molar-refractivity contribution in [2.45, 2.75) is 4.90 Å². The first-order valence-corrected chi connectivity index (χ1v) is 9.72. The molecule has 0 bridgehead atoms. The van der Waals surface area contributed by atoms with Gasteiger partial charge in [0.25, 0.3) is 15.9 Å². The van der Waals surface area contributed by atoms with Gasteiger partial charge in [0.2, 0.25) is 0 Å². The van der Waals surface area contributed by atoms with Gasteiger partial charge in [-0.15, -0.1) is 0 Å². The second-order valence-electron chi connectivity index (χ2n) is 6.02. The van der Waals surface area contributed by atoms with Crippen LogP contribution in [0.1, 0.15) is 10.4 Å². The number of fused-ring (bicyclic) bond motifs is 3. The van der Waals surface area contributed by atoms with Crippen LogP contribution in [0.4, 0.5) is 5.69 Å². The molecule has 4 rings (SSSR count). The number of rotatable bonds is 4. The molecule has 0 spiro atoms. The van der Waals surface area contributed by atoms with Gasteiger partial charge in [0.1, 0.15) is 11.2 Å². The van der Waals surface area contributed by atoms with E-state index in [-0.39, 0.29) is 10.8 Å². The molecule has 0 atom stereocenters. The lowest BCUT2D eigenvalue weighted by Crippen LogP contribution is -2.18. The van der Waals surface area contributed by atoms with E-state index in [2.05, 4.69) is 10.0 Å². The highest BCUT2D eigenvalue weighted by Gasteiger charge is 2.16. The summed E-state index contributed by atoms with van der Waals surface area (Å²) in [5, 5.41) is 4.25. The number of anilines is 1. The highest BCUT2D eigenvalue weighted by molar-refractivity contribution is 7.92. The molecule has 1 heterocycles. The van der Waals surface area contributed by atoms with Crippen molar-refractivity contribution in [2.75, 3.05) is 11.8 Å². The molecule has 0 radical (unpaired) electrons. The molecule has 0 unspecified atom stereocenters. The molecular formula is C20H16N2O4S. The van der Waals surface area contributed by atoms with Crippen LogP contribution in [0.5, 0.6) is 0 Å². The van der Waals surface area contributed by atoms with Crippen LogP contribution in [0, 0.1) is 0 Å². The molecule has 27 heavy (non-hydrogen) atoms. The maximum Gasteiger partial charge on any atom is 0.261 e. The van der Waals surface area contributed by atoms with Gasteiger partial charge in [0.05, 0.1) is 4.90 Å². The number of hydrogen-bond acceptors (Lipinski definition) is 4. The fourth-order valence-corrected chi connectivity index (χ4v) is 3.98. The number of sulfonamides is 1. The Morgan fingerprint density at radius 3 is 2.33 bits per heavy atom. The van der Waals surface area contributed by atoms with Crippen molar-refractivity contribution in [3.05, 3.63) is 72.3 Å². The van der Waals surface area contributed by atoms with E-state index in [4.69, 9.17) is 4.42 Å². The van der Waals surface area contributed by atoms with E-state index >= 15 is 0 Å². The van der Waals surface area contributed by atoms with E-state index in [1.165, 1.54) is 31.3 Å². The Labute approximate surface area is 155 Å². The van der Waals surface area contributed by atoms with Crippen molar-refractivity contribution in [3.63, 3.8) is 0 Å². The number of benzene rings is 3. The van der Waals surface area contributed by atoms with E-state index in [9.17, 15) is 13.2 Å². The molecule has 136 valence electrons. The van der Waals surface area contributed by atoms with Gasteiger partial charge in [-0.25, -0.2) is 8.42 Å². The highest BCUT2D eigenvalue weighted by atomic mass is 32.2.